The molecule has 12 heavy (non-hydrogen) atoms. The van der Waals surface area contributed by atoms with Crippen molar-refractivity contribution in [3.8, 4) is 0 Å². The zero-order valence-electron chi connectivity index (χ0n) is 7.16. The van der Waals surface area contributed by atoms with Crippen molar-refractivity contribution >= 4 is 5.69 Å². The lowest BCUT2D eigenvalue weighted by atomic mass is 10.3. The summed E-state index contributed by atoms with van der Waals surface area (Å²) in [5.74, 6) is 0. The van der Waals surface area contributed by atoms with Crippen LogP contribution in [0, 0.1) is 0 Å². The summed E-state index contributed by atoms with van der Waals surface area (Å²) in [5, 5.41) is 0. The summed E-state index contributed by atoms with van der Waals surface area (Å²) in [7, 11) is 2.06. The molecule has 1 aromatic rings. The largest absolute Gasteiger partial charge is 0.373 e. The van der Waals surface area contributed by atoms with E-state index in [2.05, 4.69) is 23.0 Å². The van der Waals surface area contributed by atoms with Gasteiger partial charge in [0.25, 0.3) is 0 Å². The molecule has 64 valence electrons. The Hall–Kier alpha value is -1.09. The first kappa shape index (κ1) is 7.55. The number of hydrogen-bond acceptors (Lipinski definition) is 3. The maximum atomic E-state index is 5.39. The third-order valence-electron chi connectivity index (χ3n) is 2.09. The smallest absolute Gasteiger partial charge is 0.0909 e. The number of likely N-dealkylation sites (N-methyl/N-ethyl adjacent to an activating group) is 1. The Kier molecular flexibility index (Phi) is 1.96. The van der Waals surface area contributed by atoms with Crippen molar-refractivity contribution in [3.63, 3.8) is 0 Å². The van der Waals surface area contributed by atoms with Gasteiger partial charge in [0, 0.05) is 19.8 Å². The normalized spacial score (nSPS) is 16.9. The molecule has 0 N–H and O–H groups in total. The van der Waals surface area contributed by atoms with Gasteiger partial charge in [-0.15, -0.1) is 0 Å². The third-order valence-corrected chi connectivity index (χ3v) is 2.09. The minimum absolute atomic E-state index is 0.639. The molecule has 2 rings (SSSR count). The van der Waals surface area contributed by atoms with Gasteiger partial charge in [-0.05, 0) is 12.1 Å². The number of hydrogen-bond donors (Lipinski definition) is 0. The minimum atomic E-state index is 0.639. The van der Waals surface area contributed by atoms with E-state index in [4.69, 9.17) is 4.74 Å². The average molecular weight is 164 g/mol. The molecule has 1 aliphatic rings. The van der Waals surface area contributed by atoms with Crippen molar-refractivity contribution in [2.75, 3.05) is 25.1 Å². The Bertz CT molecular complexity index is 275. The molecule has 1 aromatic heterocycles. The van der Waals surface area contributed by atoms with Gasteiger partial charge in [-0.25, -0.2) is 0 Å². The zero-order chi connectivity index (χ0) is 8.39. The van der Waals surface area contributed by atoms with Crippen LogP contribution in [0.2, 0.25) is 0 Å². The Morgan fingerprint density at radius 3 is 3.42 bits per heavy atom. The number of fused-ring (bicyclic) bond motifs is 1. The fourth-order valence-corrected chi connectivity index (χ4v) is 1.38. The fraction of sp³-hybridized carbons (Fsp3) is 0.444. The van der Waals surface area contributed by atoms with Crippen LogP contribution in [0.5, 0.6) is 0 Å². The van der Waals surface area contributed by atoms with E-state index < -0.39 is 0 Å². The first-order valence-corrected chi connectivity index (χ1v) is 4.11. The standard InChI is InChI=1S/C9H12N2O/c1-11-5-6-12-7-8-9(11)3-2-4-10-8/h2-4H,5-7H2,1H3. The van der Waals surface area contributed by atoms with Crippen molar-refractivity contribution < 1.29 is 4.74 Å². The predicted molar refractivity (Wildman–Crippen MR) is 47.2 cm³/mol. The summed E-state index contributed by atoms with van der Waals surface area (Å²) in [6.45, 7) is 2.37. The number of ether oxygens (including phenoxy) is 1. The molecular weight excluding hydrogens is 152 g/mol. The predicted octanol–water partition coefficient (Wildman–Crippen LogP) is 1.05. The molecular formula is C9H12N2O. The van der Waals surface area contributed by atoms with Gasteiger partial charge >= 0.3 is 0 Å². The lowest BCUT2D eigenvalue weighted by Crippen LogP contribution is -2.20. The van der Waals surface area contributed by atoms with Crippen LogP contribution in [0.1, 0.15) is 5.69 Å². The lowest BCUT2D eigenvalue weighted by Gasteiger charge is -2.16. The molecule has 0 amide bonds. The summed E-state index contributed by atoms with van der Waals surface area (Å²) in [6, 6.07) is 4.04. The topological polar surface area (TPSA) is 25.4 Å². The summed E-state index contributed by atoms with van der Waals surface area (Å²) >= 11 is 0. The summed E-state index contributed by atoms with van der Waals surface area (Å²) in [4.78, 5) is 6.44. The molecule has 0 bridgehead atoms. The molecule has 0 aromatic carbocycles. The molecule has 0 aliphatic carbocycles. The number of pyridine rings is 1. The Balaban J connectivity index is 2.39. The van der Waals surface area contributed by atoms with Crippen LogP contribution in [-0.4, -0.2) is 25.2 Å². The van der Waals surface area contributed by atoms with Crippen molar-refractivity contribution in [1.29, 1.82) is 0 Å². The van der Waals surface area contributed by atoms with Crippen LogP contribution in [0.4, 0.5) is 5.69 Å². The van der Waals surface area contributed by atoms with Crippen molar-refractivity contribution in [1.82, 2.24) is 4.98 Å². The van der Waals surface area contributed by atoms with Gasteiger partial charge in [-0.3, -0.25) is 4.98 Å². The molecule has 3 heteroatoms. The fourth-order valence-electron chi connectivity index (χ4n) is 1.38. The molecule has 0 radical (unpaired) electrons. The second kappa shape index (κ2) is 3.11. The second-order valence-electron chi connectivity index (χ2n) is 2.94. The quantitative estimate of drug-likeness (QED) is 0.573. The van der Waals surface area contributed by atoms with E-state index in [9.17, 15) is 0 Å². The SMILES string of the molecule is CN1CCOCc2ncccc21. The number of aromatic nitrogens is 1. The van der Waals surface area contributed by atoms with E-state index in [0.717, 1.165) is 18.8 Å². The monoisotopic (exact) mass is 164 g/mol. The van der Waals surface area contributed by atoms with E-state index in [-0.39, 0.29) is 0 Å². The maximum Gasteiger partial charge on any atom is 0.0909 e. The Morgan fingerprint density at radius 2 is 2.50 bits per heavy atom. The summed E-state index contributed by atoms with van der Waals surface area (Å²) < 4.78 is 5.39. The van der Waals surface area contributed by atoms with E-state index in [1.54, 1.807) is 6.20 Å². The van der Waals surface area contributed by atoms with Crippen molar-refractivity contribution in [2.24, 2.45) is 0 Å². The summed E-state index contributed by atoms with van der Waals surface area (Å²) in [5.41, 5.74) is 2.23. The third kappa shape index (κ3) is 1.28. The van der Waals surface area contributed by atoms with Gasteiger partial charge in [-0.2, -0.15) is 0 Å². The van der Waals surface area contributed by atoms with E-state index in [1.165, 1.54) is 5.69 Å². The van der Waals surface area contributed by atoms with E-state index in [1.807, 2.05) is 6.07 Å². The minimum Gasteiger partial charge on any atom is -0.373 e. The Morgan fingerprint density at radius 1 is 1.58 bits per heavy atom. The van der Waals surface area contributed by atoms with Gasteiger partial charge in [0.15, 0.2) is 0 Å². The van der Waals surface area contributed by atoms with E-state index in [0.29, 0.717) is 6.61 Å². The highest BCUT2D eigenvalue weighted by Crippen LogP contribution is 2.19. The molecule has 0 unspecified atom stereocenters. The van der Waals surface area contributed by atoms with Crippen LogP contribution in [0.25, 0.3) is 0 Å². The maximum absolute atomic E-state index is 5.39. The molecule has 3 nitrogen and oxygen atoms in total. The van der Waals surface area contributed by atoms with Gasteiger partial charge in [-0.1, -0.05) is 0 Å². The van der Waals surface area contributed by atoms with Crippen molar-refractivity contribution in [2.45, 2.75) is 6.61 Å². The molecule has 0 spiro atoms. The Labute approximate surface area is 72.0 Å². The van der Waals surface area contributed by atoms with Gasteiger partial charge in [0.1, 0.15) is 0 Å². The first-order valence-electron chi connectivity index (χ1n) is 4.11. The van der Waals surface area contributed by atoms with Crippen LogP contribution < -0.4 is 4.90 Å². The molecule has 0 atom stereocenters. The molecule has 1 aliphatic heterocycles. The molecule has 2 heterocycles. The van der Waals surface area contributed by atoms with Gasteiger partial charge in [0.05, 0.1) is 24.6 Å². The first-order chi connectivity index (χ1) is 5.88. The highest BCUT2D eigenvalue weighted by molar-refractivity contribution is 5.49. The number of anilines is 1. The molecule has 0 saturated heterocycles. The number of nitrogens with zero attached hydrogens (tertiary/aromatic N) is 2. The number of rotatable bonds is 0. The summed E-state index contributed by atoms with van der Waals surface area (Å²) in [6.07, 6.45) is 1.81. The van der Waals surface area contributed by atoms with Crippen LogP contribution in [0.3, 0.4) is 0 Å². The van der Waals surface area contributed by atoms with Gasteiger partial charge in [0.2, 0.25) is 0 Å². The zero-order valence-corrected chi connectivity index (χ0v) is 7.16. The van der Waals surface area contributed by atoms with Gasteiger partial charge < -0.3 is 9.64 Å². The highest BCUT2D eigenvalue weighted by Gasteiger charge is 2.11. The lowest BCUT2D eigenvalue weighted by molar-refractivity contribution is 0.130. The second-order valence-corrected chi connectivity index (χ2v) is 2.94. The van der Waals surface area contributed by atoms with Crippen LogP contribution in [-0.2, 0) is 11.3 Å². The van der Waals surface area contributed by atoms with Crippen molar-refractivity contribution in [3.05, 3.63) is 24.0 Å². The molecule has 0 saturated carbocycles. The van der Waals surface area contributed by atoms with Crippen LogP contribution in [0.15, 0.2) is 18.3 Å². The molecule has 0 fully saturated rings. The average Bonchev–Trinajstić information content (AvgIpc) is 2.29. The van der Waals surface area contributed by atoms with E-state index >= 15 is 0 Å². The highest BCUT2D eigenvalue weighted by atomic mass is 16.5. The van der Waals surface area contributed by atoms with Crippen LogP contribution >= 0.6 is 0 Å².